The van der Waals surface area contributed by atoms with Crippen LogP contribution in [0.15, 0.2) is 24.5 Å². The van der Waals surface area contributed by atoms with Crippen molar-refractivity contribution in [3.8, 4) is 5.75 Å². The van der Waals surface area contributed by atoms with Crippen molar-refractivity contribution in [1.29, 1.82) is 0 Å². The minimum Gasteiger partial charge on any atom is -0.492 e. The fourth-order valence-corrected chi connectivity index (χ4v) is 0.836. The summed E-state index contributed by atoms with van der Waals surface area (Å²) in [6.07, 6.45) is 5.06. The zero-order valence-electron chi connectivity index (χ0n) is 7.35. The molecule has 1 aromatic heterocycles. The quantitative estimate of drug-likeness (QED) is 0.741. The number of aliphatic hydroxyl groups excluding tert-OH is 1. The second-order valence-corrected chi connectivity index (χ2v) is 2.47. The van der Waals surface area contributed by atoms with Crippen LogP contribution in [0.1, 0.15) is 12.8 Å². The van der Waals surface area contributed by atoms with Crippen molar-refractivity contribution in [2.75, 3.05) is 13.2 Å². The molecule has 1 aromatic rings. The summed E-state index contributed by atoms with van der Waals surface area (Å²) in [7, 11) is 0. The van der Waals surface area contributed by atoms with Crippen molar-refractivity contribution in [2.45, 2.75) is 12.8 Å². The van der Waals surface area contributed by atoms with Gasteiger partial charge in [0, 0.05) is 12.8 Å². The summed E-state index contributed by atoms with van der Waals surface area (Å²) >= 11 is 0. The largest absolute Gasteiger partial charge is 0.492 e. The molecule has 13 heavy (non-hydrogen) atoms. The lowest BCUT2D eigenvalue weighted by molar-refractivity contribution is 0.253. The van der Waals surface area contributed by atoms with Gasteiger partial charge in [-0.25, -0.2) is 0 Å². The number of pyridine rings is 1. The molecule has 1 N–H and O–H groups in total. The van der Waals surface area contributed by atoms with Crippen LogP contribution in [0.4, 0.5) is 0 Å². The molecule has 0 saturated carbocycles. The Morgan fingerprint density at radius 2 is 2.23 bits per heavy atom. The summed E-state index contributed by atoms with van der Waals surface area (Å²) in [5.41, 5.74) is 0. The highest BCUT2D eigenvalue weighted by molar-refractivity contribution is 5.85. The molecule has 4 heteroatoms. The normalized spacial score (nSPS) is 9.00. The summed E-state index contributed by atoms with van der Waals surface area (Å²) in [6.45, 7) is 0.878. The van der Waals surface area contributed by atoms with Crippen LogP contribution in [0.25, 0.3) is 0 Å². The van der Waals surface area contributed by atoms with E-state index in [1.54, 1.807) is 12.4 Å². The average molecular weight is 204 g/mol. The number of hydrogen-bond donors (Lipinski definition) is 1. The number of halogens is 1. The van der Waals surface area contributed by atoms with Crippen molar-refractivity contribution >= 4 is 12.4 Å². The third-order valence-corrected chi connectivity index (χ3v) is 1.46. The van der Waals surface area contributed by atoms with Gasteiger partial charge in [-0.15, -0.1) is 12.4 Å². The Hall–Kier alpha value is -0.800. The van der Waals surface area contributed by atoms with Gasteiger partial charge in [0.15, 0.2) is 0 Å². The standard InChI is InChI=1S/C9H13NO2.ClH/c11-6-1-2-7-12-9-4-3-5-10-8-9;/h3-5,8,11H,1-2,6-7H2;1H. The smallest absolute Gasteiger partial charge is 0.137 e. The number of aliphatic hydroxyl groups is 1. The van der Waals surface area contributed by atoms with Crippen molar-refractivity contribution in [1.82, 2.24) is 4.98 Å². The summed E-state index contributed by atoms with van der Waals surface area (Å²) in [5.74, 6) is 0.787. The van der Waals surface area contributed by atoms with Crippen molar-refractivity contribution in [3.05, 3.63) is 24.5 Å². The summed E-state index contributed by atoms with van der Waals surface area (Å²) in [4.78, 5) is 3.91. The molecule has 3 nitrogen and oxygen atoms in total. The van der Waals surface area contributed by atoms with Crippen LogP contribution in [0, 0.1) is 0 Å². The van der Waals surface area contributed by atoms with Crippen LogP contribution in [-0.2, 0) is 0 Å². The molecule has 74 valence electrons. The van der Waals surface area contributed by atoms with E-state index in [2.05, 4.69) is 4.98 Å². The highest BCUT2D eigenvalue weighted by Gasteiger charge is 1.90. The van der Waals surface area contributed by atoms with Crippen LogP contribution in [0.3, 0.4) is 0 Å². The first-order valence-electron chi connectivity index (χ1n) is 4.07. The Balaban J connectivity index is 0.00000144. The van der Waals surface area contributed by atoms with Crippen molar-refractivity contribution in [3.63, 3.8) is 0 Å². The minimum atomic E-state index is 0. The lowest BCUT2D eigenvalue weighted by Crippen LogP contribution is -1.98. The summed E-state index contributed by atoms with van der Waals surface area (Å²) in [6, 6.07) is 3.70. The number of hydrogen-bond acceptors (Lipinski definition) is 3. The number of aromatic nitrogens is 1. The molecule has 0 aliphatic rings. The van der Waals surface area contributed by atoms with Crippen LogP contribution in [-0.4, -0.2) is 23.3 Å². The predicted octanol–water partition coefficient (Wildman–Crippen LogP) is 1.65. The summed E-state index contributed by atoms with van der Waals surface area (Å²) < 4.78 is 5.33. The van der Waals surface area contributed by atoms with E-state index in [-0.39, 0.29) is 19.0 Å². The van der Waals surface area contributed by atoms with Gasteiger partial charge in [0.1, 0.15) is 5.75 Å². The number of rotatable bonds is 5. The molecule has 0 unspecified atom stereocenters. The first-order chi connectivity index (χ1) is 5.93. The van der Waals surface area contributed by atoms with Gasteiger partial charge in [-0.3, -0.25) is 4.98 Å². The molecule has 0 fully saturated rings. The maximum atomic E-state index is 8.50. The zero-order chi connectivity index (χ0) is 8.65. The Morgan fingerprint density at radius 1 is 1.38 bits per heavy atom. The van der Waals surface area contributed by atoms with E-state index in [0.717, 1.165) is 18.6 Å². The van der Waals surface area contributed by atoms with Gasteiger partial charge in [0.25, 0.3) is 0 Å². The second-order valence-electron chi connectivity index (χ2n) is 2.47. The van der Waals surface area contributed by atoms with E-state index >= 15 is 0 Å². The third-order valence-electron chi connectivity index (χ3n) is 1.46. The molecule has 0 aliphatic carbocycles. The number of nitrogens with zero attached hydrogens (tertiary/aromatic N) is 1. The molecule has 0 bridgehead atoms. The molecule has 1 rings (SSSR count). The van der Waals surface area contributed by atoms with E-state index in [9.17, 15) is 0 Å². The molecular weight excluding hydrogens is 190 g/mol. The van der Waals surface area contributed by atoms with E-state index in [1.165, 1.54) is 0 Å². The van der Waals surface area contributed by atoms with Gasteiger partial charge >= 0.3 is 0 Å². The maximum absolute atomic E-state index is 8.50. The van der Waals surface area contributed by atoms with E-state index in [0.29, 0.717) is 6.61 Å². The fourth-order valence-electron chi connectivity index (χ4n) is 0.836. The van der Waals surface area contributed by atoms with Crippen molar-refractivity contribution < 1.29 is 9.84 Å². The van der Waals surface area contributed by atoms with Crippen LogP contribution in [0.5, 0.6) is 5.75 Å². The van der Waals surface area contributed by atoms with Gasteiger partial charge in [-0.1, -0.05) is 0 Å². The second kappa shape index (κ2) is 7.83. The fraction of sp³-hybridized carbons (Fsp3) is 0.444. The summed E-state index contributed by atoms with van der Waals surface area (Å²) in [5, 5.41) is 8.50. The molecule has 0 amide bonds. The Kier molecular flexibility index (Phi) is 7.35. The molecule has 1 heterocycles. The lowest BCUT2D eigenvalue weighted by Gasteiger charge is -2.03. The predicted molar refractivity (Wildman–Crippen MR) is 53.3 cm³/mol. The van der Waals surface area contributed by atoms with E-state index < -0.39 is 0 Å². The molecule has 0 aliphatic heterocycles. The highest BCUT2D eigenvalue weighted by atomic mass is 35.5. The molecule has 0 aromatic carbocycles. The molecule has 0 atom stereocenters. The van der Waals surface area contributed by atoms with E-state index in [4.69, 9.17) is 9.84 Å². The molecular formula is C9H14ClNO2. The Morgan fingerprint density at radius 3 is 2.85 bits per heavy atom. The van der Waals surface area contributed by atoms with Crippen molar-refractivity contribution in [2.24, 2.45) is 0 Å². The third kappa shape index (κ3) is 5.44. The Labute approximate surface area is 84.2 Å². The van der Waals surface area contributed by atoms with Gasteiger partial charge in [-0.05, 0) is 25.0 Å². The average Bonchev–Trinajstić information content (AvgIpc) is 2.14. The Bertz CT molecular complexity index is 206. The van der Waals surface area contributed by atoms with Gasteiger partial charge in [0.05, 0.1) is 12.8 Å². The van der Waals surface area contributed by atoms with Crippen LogP contribution in [0.2, 0.25) is 0 Å². The topological polar surface area (TPSA) is 42.4 Å². The van der Waals surface area contributed by atoms with Crippen LogP contribution >= 0.6 is 12.4 Å². The number of unbranched alkanes of at least 4 members (excludes halogenated alkanes) is 1. The lowest BCUT2D eigenvalue weighted by atomic mass is 10.3. The maximum Gasteiger partial charge on any atom is 0.137 e. The van der Waals surface area contributed by atoms with Gasteiger partial charge in [0.2, 0.25) is 0 Å². The molecule has 0 saturated heterocycles. The number of ether oxygens (including phenoxy) is 1. The van der Waals surface area contributed by atoms with Crippen LogP contribution < -0.4 is 4.74 Å². The first kappa shape index (κ1) is 12.2. The SMILES string of the molecule is Cl.OCCCCOc1cccnc1. The van der Waals surface area contributed by atoms with Gasteiger partial charge < -0.3 is 9.84 Å². The monoisotopic (exact) mass is 203 g/mol. The van der Waals surface area contributed by atoms with E-state index in [1.807, 2.05) is 12.1 Å². The molecule has 0 spiro atoms. The first-order valence-corrected chi connectivity index (χ1v) is 4.07. The minimum absolute atomic E-state index is 0. The highest BCUT2D eigenvalue weighted by Crippen LogP contribution is 2.06. The van der Waals surface area contributed by atoms with Gasteiger partial charge in [-0.2, -0.15) is 0 Å². The zero-order valence-corrected chi connectivity index (χ0v) is 8.17. The molecule has 0 radical (unpaired) electrons.